The van der Waals surface area contributed by atoms with Crippen LogP contribution in [-0.2, 0) is 6.61 Å². The lowest BCUT2D eigenvalue weighted by molar-refractivity contribution is 0.269. The molecule has 0 unspecified atom stereocenters. The number of hydrogen-bond acceptors (Lipinski definition) is 4. The largest absolute Gasteiger partial charge is 0.388 e. The van der Waals surface area contributed by atoms with Crippen LogP contribution in [0.1, 0.15) is 25.7 Å². The van der Waals surface area contributed by atoms with E-state index in [0.717, 1.165) is 5.69 Å². The summed E-state index contributed by atoms with van der Waals surface area (Å²) in [5.41, 5.74) is 0.859. The summed E-state index contributed by atoms with van der Waals surface area (Å²) in [6.07, 6.45) is 5.18. The van der Waals surface area contributed by atoms with Gasteiger partial charge in [-0.1, -0.05) is 0 Å². The van der Waals surface area contributed by atoms with Gasteiger partial charge in [-0.25, -0.2) is 0 Å². The van der Waals surface area contributed by atoms with Gasteiger partial charge >= 0.3 is 0 Å². The molecular weight excluding hydrogens is 194 g/mol. The molecule has 0 radical (unpaired) electrons. The Kier molecular flexibility index (Phi) is 2.51. The first-order chi connectivity index (χ1) is 7.22. The second-order valence-corrected chi connectivity index (χ2v) is 3.55. The molecule has 0 saturated heterocycles. The van der Waals surface area contributed by atoms with E-state index in [1.807, 2.05) is 10.9 Å². The average Bonchev–Trinajstić information content (AvgIpc) is 2.85. The van der Waals surface area contributed by atoms with Crippen molar-refractivity contribution in [3.63, 3.8) is 0 Å². The minimum atomic E-state index is -0.132. The highest BCUT2D eigenvalue weighted by molar-refractivity contribution is 5.26. The van der Waals surface area contributed by atoms with E-state index in [1.165, 1.54) is 0 Å². The van der Waals surface area contributed by atoms with E-state index in [1.54, 1.807) is 17.1 Å². The topological polar surface area (TPSA) is 68.8 Å². The third-order valence-electron chi connectivity index (χ3n) is 2.15. The fraction of sp³-hybridized carbons (Fsp3) is 0.444. The Bertz CT molecular complexity index is 445. The fourth-order valence-corrected chi connectivity index (χ4v) is 1.32. The van der Waals surface area contributed by atoms with Gasteiger partial charge in [-0.15, -0.1) is 10.2 Å². The Labute approximate surface area is 87.2 Å². The Balaban J connectivity index is 2.37. The number of nitrogens with zero attached hydrogens (tertiary/aromatic N) is 5. The fourth-order valence-electron chi connectivity index (χ4n) is 1.32. The van der Waals surface area contributed by atoms with Crippen LogP contribution in [-0.4, -0.2) is 29.7 Å². The lowest BCUT2D eigenvalue weighted by Crippen LogP contribution is -2.01. The van der Waals surface area contributed by atoms with Gasteiger partial charge in [0, 0.05) is 12.2 Å². The van der Waals surface area contributed by atoms with E-state index >= 15 is 0 Å². The molecular formula is C9H13N5O. The summed E-state index contributed by atoms with van der Waals surface area (Å²) in [5, 5.41) is 20.8. The zero-order chi connectivity index (χ0) is 10.8. The molecule has 0 atom stereocenters. The van der Waals surface area contributed by atoms with Crippen molar-refractivity contribution >= 4 is 0 Å². The Morgan fingerprint density at radius 1 is 1.47 bits per heavy atom. The monoisotopic (exact) mass is 207 g/mol. The predicted molar refractivity (Wildman–Crippen MR) is 53.5 cm³/mol. The molecule has 0 saturated carbocycles. The van der Waals surface area contributed by atoms with Crippen LogP contribution in [0.3, 0.4) is 0 Å². The highest BCUT2D eigenvalue weighted by atomic mass is 16.3. The molecule has 6 nitrogen and oxygen atoms in total. The van der Waals surface area contributed by atoms with Crippen molar-refractivity contribution in [1.29, 1.82) is 0 Å². The normalized spacial score (nSPS) is 11.2. The van der Waals surface area contributed by atoms with E-state index in [0.29, 0.717) is 11.9 Å². The van der Waals surface area contributed by atoms with E-state index in [9.17, 15) is 0 Å². The second kappa shape index (κ2) is 3.82. The van der Waals surface area contributed by atoms with E-state index < -0.39 is 0 Å². The van der Waals surface area contributed by atoms with Gasteiger partial charge in [0.2, 0.25) is 0 Å². The third kappa shape index (κ3) is 1.75. The lowest BCUT2D eigenvalue weighted by Gasteiger charge is -2.03. The van der Waals surface area contributed by atoms with Crippen molar-refractivity contribution in [3.05, 3.63) is 24.5 Å². The van der Waals surface area contributed by atoms with Gasteiger partial charge in [0.25, 0.3) is 0 Å². The Hall–Kier alpha value is -1.69. The predicted octanol–water partition coefficient (Wildman–Crippen LogP) is 0.537. The molecule has 0 fully saturated rings. The van der Waals surface area contributed by atoms with E-state index in [4.69, 9.17) is 5.11 Å². The molecule has 0 aliphatic rings. The minimum Gasteiger partial charge on any atom is -0.388 e. The molecule has 2 aromatic rings. The van der Waals surface area contributed by atoms with Crippen LogP contribution in [0.4, 0.5) is 0 Å². The van der Waals surface area contributed by atoms with Crippen LogP contribution >= 0.6 is 0 Å². The number of aliphatic hydroxyl groups is 1. The molecule has 0 bridgehead atoms. The zero-order valence-corrected chi connectivity index (χ0v) is 8.70. The van der Waals surface area contributed by atoms with Gasteiger partial charge in [0.1, 0.15) is 12.9 Å². The third-order valence-corrected chi connectivity index (χ3v) is 2.15. The van der Waals surface area contributed by atoms with Crippen molar-refractivity contribution in [3.8, 4) is 5.69 Å². The highest BCUT2D eigenvalue weighted by Gasteiger charge is 2.08. The summed E-state index contributed by atoms with van der Waals surface area (Å²) >= 11 is 0. The molecule has 2 rings (SSSR count). The molecule has 0 aliphatic heterocycles. The summed E-state index contributed by atoms with van der Waals surface area (Å²) in [5.74, 6) is 0.512. The van der Waals surface area contributed by atoms with Crippen molar-refractivity contribution < 1.29 is 5.11 Å². The van der Waals surface area contributed by atoms with Gasteiger partial charge in [-0.3, -0.25) is 9.25 Å². The number of aliphatic hydroxyl groups excluding tert-OH is 1. The van der Waals surface area contributed by atoms with Crippen LogP contribution in [0.25, 0.3) is 5.69 Å². The van der Waals surface area contributed by atoms with Crippen molar-refractivity contribution in [1.82, 2.24) is 24.5 Å². The summed E-state index contributed by atoms with van der Waals surface area (Å²) in [6.45, 7) is 3.97. The quantitative estimate of drug-likeness (QED) is 0.797. The first-order valence-electron chi connectivity index (χ1n) is 4.76. The van der Waals surface area contributed by atoms with E-state index in [-0.39, 0.29) is 6.61 Å². The summed E-state index contributed by atoms with van der Waals surface area (Å²) in [7, 11) is 0. The molecule has 15 heavy (non-hydrogen) atoms. The van der Waals surface area contributed by atoms with Gasteiger partial charge in [0.05, 0.1) is 11.9 Å². The highest BCUT2D eigenvalue weighted by Crippen LogP contribution is 2.11. The Morgan fingerprint density at radius 3 is 2.87 bits per heavy atom. The first kappa shape index (κ1) is 9.85. The maximum atomic E-state index is 9.03. The summed E-state index contributed by atoms with van der Waals surface area (Å²) < 4.78 is 3.56. The van der Waals surface area contributed by atoms with Crippen molar-refractivity contribution in [2.75, 3.05) is 0 Å². The molecule has 0 amide bonds. The van der Waals surface area contributed by atoms with Crippen LogP contribution in [0, 0.1) is 0 Å². The summed E-state index contributed by atoms with van der Waals surface area (Å²) in [4.78, 5) is 0. The van der Waals surface area contributed by atoms with Crippen LogP contribution in [0.5, 0.6) is 0 Å². The smallest absolute Gasteiger partial charge is 0.163 e. The molecule has 0 aliphatic carbocycles. The van der Waals surface area contributed by atoms with Gasteiger partial charge in [-0.2, -0.15) is 5.10 Å². The van der Waals surface area contributed by atoms with Gasteiger partial charge in [0.15, 0.2) is 5.82 Å². The molecule has 6 heteroatoms. The second-order valence-electron chi connectivity index (χ2n) is 3.55. The SMILES string of the molecule is CC(C)n1cc(-n2cnnc2CO)cn1. The van der Waals surface area contributed by atoms with Crippen LogP contribution in [0.2, 0.25) is 0 Å². The van der Waals surface area contributed by atoms with Gasteiger partial charge < -0.3 is 5.11 Å². The lowest BCUT2D eigenvalue weighted by atomic mass is 10.4. The summed E-state index contributed by atoms with van der Waals surface area (Å²) in [6, 6.07) is 0.313. The molecule has 1 N–H and O–H groups in total. The number of hydrogen-bond donors (Lipinski definition) is 1. The maximum Gasteiger partial charge on any atom is 0.163 e. The molecule has 80 valence electrons. The number of rotatable bonds is 3. The molecule has 2 aromatic heterocycles. The zero-order valence-electron chi connectivity index (χ0n) is 8.70. The molecule has 0 aromatic carbocycles. The van der Waals surface area contributed by atoms with E-state index in [2.05, 4.69) is 29.1 Å². The number of aromatic nitrogens is 5. The van der Waals surface area contributed by atoms with Crippen LogP contribution in [0.15, 0.2) is 18.7 Å². The first-order valence-corrected chi connectivity index (χ1v) is 4.76. The molecule has 2 heterocycles. The average molecular weight is 207 g/mol. The molecule has 0 spiro atoms. The standard InChI is InChI=1S/C9H13N5O/c1-7(2)14-4-8(3-11-14)13-6-10-12-9(13)5-15/h3-4,6-7,15H,5H2,1-2H3. The Morgan fingerprint density at radius 2 is 2.27 bits per heavy atom. The van der Waals surface area contributed by atoms with Crippen molar-refractivity contribution in [2.24, 2.45) is 0 Å². The van der Waals surface area contributed by atoms with Crippen LogP contribution < -0.4 is 0 Å². The minimum absolute atomic E-state index is 0.132. The van der Waals surface area contributed by atoms with Gasteiger partial charge in [-0.05, 0) is 13.8 Å². The van der Waals surface area contributed by atoms with Crippen molar-refractivity contribution in [2.45, 2.75) is 26.5 Å². The maximum absolute atomic E-state index is 9.03.